The van der Waals surface area contributed by atoms with E-state index in [9.17, 15) is 9.18 Å². The summed E-state index contributed by atoms with van der Waals surface area (Å²) in [6.07, 6.45) is 2.73. The average Bonchev–Trinajstić information content (AvgIpc) is 2.49. The van der Waals surface area contributed by atoms with Crippen LogP contribution in [0.3, 0.4) is 0 Å². The van der Waals surface area contributed by atoms with Crippen LogP contribution in [0.4, 0.5) is 15.9 Å². The van der Waals surface area contributed by atoms with Crippen LogP contribution < -0.4 is 10.6 Å². The minimum Gasteiger partial charge on any atom is -0.384 e. The first-order valence-corrected chi connectivity index (χ1v) is 7.32. The van der Waals surface area contributed by atoms with Gasteiger partial charge in [-0.1, -0.05) is 26.0 Å². The molecule has 0 aliphatic rings. The minimum absolute atomic E-state index is 0.00318. The highest BCUT2D eigenvalue weighted by Gasteiger charge is 2.11. The number of nitrogens with one attached hydrogen (secondary N) is 2. The van der Waals surface area contributed by atoms with Gasteiger partial charge in [0, 0.05) is 6.54 Å². The van der Waals surface area contributed by atoms with Crippen LogP contribution in [0.1, 0.15) is 30.6 Å². The molecule has 4 nitrogen and oxygen atoms in total. The fourth-order valence-corrected chi connectivity index (χ4v) is 1.91. The number of anilines is 2. The summed E-state index contributed by atoms with van der Waals surface area (Å²) in [7, 11) is 0. The molecule has 116 valence electrons. The molecule has 0 spiro atoms. The largest absolute Gasteiger partial charge is 0.384 e. The van der Waals surface area contributed by atoms with Crippen molar-refractivity contribution >= 4 is 17.4 Å². The number of hydrogen-bond donors (Lipinski definition) is 2. The van der Waals surface area contributed by atoms with Crippen molar-refractivity contribution in [2.75, 3.05) is 17.2 Å². The van der Waals surface area contributed by atoms with Gasteiger partial charge in [-0.25, -0.2) is 9.37 Å². The Bertz CT molecular complexity index is 626. The second-order valence-corrected chi connectivity index (χ2v) is 5.48. The fraction of sp³-hybridized carbons (Fsp3) is 0.294. The molecule has 0 fully saturated rings. The van der Waals surface area contributed by atoms with E-state index < -0.39 is 11.7 Å². The maximum atomic E-state index is 13.5. The second kappa shape index (κ2) is 7.54. The van der Waals surface area contributed by atoms with Crippen molar-refractivity contribution in [3.8, 4) is 0 Å². The summed E-state index contributed by atoms with van der Waals surface area (Å²) in [6, 6.07) is 9.38. The highest BCUT2D eigenvalue weighted by Crippen LogP contribution is 2.13. The van der Waals surface area contributed by atoms with Crippen LogP contribution in [0.15, 0.2) is 42.6 Å². The Morgan fingerprint density at radius 1 is 1.23 bits per heavy atom. The number of amides is 1. The van der Waals surface area contributed by atoms with Crippen molar-refractivity contribution < 1.29 is 9.18 Å². The number of nitrogens with zero attached hydrogens (tertiary/aromatic N) is 1. The first kappa shape index (κ1) is 15.9. The predicted molar refractivity (Wildman–Crippen MR) is 86.5 cm³/mol. The van der Waals surface area contributed by atoms with Crippen LogP contribution in [0.2, 0.25) is 0 Å². The summed E-state index contributed by atoms with van der Waals surface area (Å²) in [5.74, 6) is -0.0273. The maximum Gasteiger partial charge on any atom is 0.259 e. The Hall–Kier alpha value is -2.43. The molecule has 0 bridgehead atoms. The number of rotatable bonds is 6. The van der Waals surface area contributed by atoms with Crippen molar-refractivity contribution in [1.82, 2.24) is 4.98 Å². The van der Waals surface area contributed by atoms with E-state index in [1.54, 1.807) is 24.4 Å². The van der Waals surface area contributed by atoms with Crippen molar-refractivity contribution in [3.05, 3.63) is 54.0 Å². The predicted octanol–water partition coefficient (Wildman–Crippen LogP) is 3.93. The van der Waals surface area contributed by atoms with E-state index >= 15 is 0 Å². The molecule has 1 amide bonds. The number of pyridine rings is 1. The lowest BCUT2D eigenvalue weighted by Gasteiger charge is -2.09. The molecule has 0 saturated heterocycles. The third-order valence-electron chi connectivity index (χ3n) is 3.17. The molecule has 0 radical (unpaired) electrons. The molecule has 0 aliphatic heterocycles. The first-order chi connectivity index (χ1) is 10.6. The molecule has 22 heavy (non-hydrogen) atoms. The average molecular weight is 301 g/mol. The molecular formula is C17H20FN3O. The highest BCUT2D eigenvalue weighted by molar-refractivity contribution is 6.03. The van der Waals surface area contributed by atoms with E-state index in [1.165, 1.54) is 12.1 Å². The first-order valence-electron chi connectivity index (χ1n) is 7.32. The molecule has 2 N–H and O–H groups in total. The van der Waals surface area contributed by atoms with Crippen molar-refractivity contribution in [3.63, 3.8) is 0 Å². The lowest BCUT2D eigenvalue weighted by atomic mass is 10.1. The summed E-state index contributed by atoms with van der Waals surface area (Å²) < 4.78 is 13.5. The van der Waals surface area contributed by atoms with E-state index in [0.717, 1.165) is 18.7 Å². The van der Waals surface area contributed by atoms with Crippen LogP contribution in [0.25, 0.3) is 0 Å². The third kappa shape index (κ3) is 4.55. The van der Waals surface area contributed by atoms with Gasteiger partial charge in [0.05, 0.1) is 17.4 Å². The summed E-state index contributed by atoms with van der Waals surface area (Å²) in [4.78, 5) is 16.1. The van der Waals surface area contributed by atoms with Gasteiger partial charge in [-0.2, -0.15) is 0 Å². The van der Waals surface area contributed by atoms with E-state index in [4.69, 9.17) is 0 Å². The zero-order valence-corrected chi connectivity index (χ0v) is 12.8. The molecule has 1 heterocycles. The van der Waals surface area contributed by atoms with Gasteiger partial charge in [0.15, 0.2) is 0 Å². The number of aromatic nitrogens is 1. The van der Waals surface area contributed by atoms with E-state index in [0.29, 0.717) is 11.7 Å². The third-order valence-corrected chi connectivity index (χ3v) is 3.17. The van der Waals surface area contributed by atoms with E-state index in [-0.39, 0.29) is 5.56 Å². The van der Waals surface area contributed by atoms with Gasteiger partial charge in [-0.05, 0) is 36.6 Å². The Balaban J connectivity index is 1.94. The molecule has 0 atom stereocenters. The Morgan fingerprint density at radius 3 is 2.64 bits per heavy atom. The number of carbonyl (C=O) groups is 1. The smallest absolute Gasteiger partial charge is 0.259 e. The fourth-order valence-electron chi connectivity index (χ4n) is 1.91. The molecule has 0 saturated carbocycles. The lowest BCUT2D eigenvalue weighted by molar-refractivity contribution is 0.102. The molecule has 2 rings (SSSR count). The summed E-state index contributed by atoms with van der Waals surface area (Å²) in [6.45, 7) is 5.21. The van der Waals surface area contributed by atoms with Crippen LogP contribution in [0, 0.1) is 11.7 Å². The van der Waals surface area contributed by atoms with Crippen LogP contribution in [0.5, 0.6) is 0 Å². The molecular weight excluding hydrogens is 281 g/mol. The summed E-state index contributed by atoms with van der Waals surface area (Å²) in [5, 5.41) is 5.84. The number of carbonyl (C=O) groups excluding carboxylic acids is 1. The van der Waals surface area contributed by atoms with Crippen LogP contribution in [-0.2, 0) is 0 Å². The standard InChI is InChI=1S/C17H20FN3O/c1-12(2)9-10-19-13-7-8-16(20-11-13)21-17(22)14-5-3-4-6-15(14)18/h3-8,11-12,19H,9-10H2,1-2H3,(H,20,21,22). The zero-order chi connectivity index (χ0) is 15.9. The maximum absolute atomic E-state index is 13.5. The lowest BCUT2D eigenvalue weighted by Crippen LogP contribution is -2.14. The summed E-state index contributed by atoms with van der Waals surface area (Å²) in [5.41, 5.74) is 0.896. The van der Waals surface area contributed by atoms with Gasteiger partial charge in [-0.15, -0.1) is 0 Å². The minimum atomic E-state index is -0.549. The zero-order valence-electron chi connectivity index (χ0n) is 12.8. The monoisotopic (exact) mass is 301 g/mol. The van der Waals surface area contributed by atoms with Crippen molar-refractivity contribution in [1.29, 1.82) is 0 Å². The molecule has 0 unspecified atom stereocenters. The quantitative estimate of drug-likeness (QED) is 0.850. The van der Waals surface area contributed by atoms with Gasteiger partial charge in [0.25, 0.3) is 5.91 Å². The molecule has 1 aromatic heterocycles. The van der Waals surface area contributed by atoms with E-state index in [1.807, 2.05) is 6.07 Å². The number of halogens is 1. The number of benzene rings is 1. The van der Waals surface area contributed by atoms with Crippen LogP contribution in [-0.4, -0.2) is 17.4 Å². The highest BCUT2D eigenvalue weighted by atomic mass is 19.1. The summed E-state index contributed by atoms with van der Waals surface area (Å²) >= 11 is 0. The Kier molecular flexibility index (Phi) is 5.47. The molecule has 1 aromatic carbocycles. The molecule has 0 aliphatic carbocycles. The SMILES string of the molecule is CC(C)CCNc1ccc(NC(=O)c2ccccc2F)nc1. The Labute approximate surface area is 129 Å². The van der Waals surface area contributed by atoms with Crippen molar-refractivity contribution in [2.24, 2.45) is 5.92 Å². The number of hydrogen-bond acceptors (Lipinski definition) is 3. The van der Waals surface area contributed by atoms with E-state index in [2.05, 4.69) is 29.5 Å². The normalized spacial score (nSPS) is 10.5. The topological polar surface area (TPSA) is 54.0 Å². The molecule has 2 aromatic rings. The molecule has 5 heteroatoms. The van der Waals surface area contributed by atoms with Gasteiger partial charge >= 0.3 is 0 Å². The van der Waals surface area contributed by atoms with Gasteiger partial charge in [0.1, 0.15) is 11.6 Å². The van der Waals surface area contributed by atoms with Gasteiger partial charge in [0.2, 0.25) is 0 Å². The van der Waals surface area contributed by atoms with Crippen molar-refractivity contribution in [2.45, 2.75) is 20.3 Å². The van der Waals surface area contributed by atoms with Gasteiger partial charge in [-0.3, -0.25) is 4.79 Å². The van der Waals surface area contributed by atoms with Gasteiger partial charge < -0.3 is 10.6 Å². The Morgan fingerprint density at radius 2 is 2.00 bits per heavy atom. The van der Waals surface area contributed by atoms with Crippen LogP contribution >= 0.6 is 0 Å². The second-order valence-electron chi connectivity index (χ2n) is 5.48.